The minimum atomic E-state index is -3.76. The van der Waals surface area contributed by atoms with Crippen molar-refractivity contribution in [3.63, 3.8) is 0 Å². The molecule has 0 aliphatic heterocycles. The van der Waals surface area contributed by atoms with Gasteiger partial charge in [-0.05, 0) is 39.0 Å². The van der Waals surface area contributed by atoms with Crippen LogP contribution in [0.2, 0.25) is 5.02 Å². The minimum Gasteiger partial charge on any atom is -0.465 e. The number of benzene rings is 1. The van der Waals surface area contributed by atoms with E-state index < -0.39 is 21.9 Å². The molecule has 3 rings (SSSR count). The van der Waals surface area contributed by atoms with E-state index in [2.05, 4.69) is 25.1 Å². The zero-order valence-corrected chi connectivity index (χ0v) is 21.9. The van der Waals surface area contributed by atoms with Crippen molar-refractivity contribution in [2.24, 2.45) is 0 Å². The third kappa shape index (κ3) is 6.61. The highest BCUT2D eigenvalue weighted by Crippen LogP contribution is 2.37. The Morgan fingerprint density at radius 2 is 1.97 bits per heavy atom. The lowest BCUT2D eigenvalue weighted by atomic mass is 10.0. The third-order valence-electron chi connectivity index (χ3n) is 5.03. The molecule has 0 radical (unpaired) electrons. The molecule has 2 heterocycles. The molecular weight excluding hydrogens is 513 g/mol. The Kier molecular flexibility index (Phi) is 8.04. The van der Waals surface area contributed by atoms with E-state index in [1.54, 1.807) is 23.9 Å². The van der Waals surface area contributed by atoms with Crippen LogP contribution in [-0.2, 0) is 10.0 Å². The molecule has 0 aliphatic carbocycles. The van der Waals surface area contributed by atoms with E-state index in [9.17, 15) is 13.2 Å². The Balaban J connectivity index is 2.07. The molecule has 14 heteroatoms. The van der Waals surface area contributed by atoms with Gasteiger partial charge in [0.25, 0.3) is 0 Å². The quantitative estimate of drug-likeness (QED) is 0.368. The lowest BCUT2D eigenvalue weighted by Crippen LogP contribution is -2.35. The van der Waals surface area contributed by atoms with E-state index in [-0.39, 0.29) is 46.5 Å². The minimum absolute atomic E-state index is 0.00683. The van der Waals surface area contributed by atoms with Crippen molar-refractivity contribution in [1.82, 2.24) is 24.6 Å². The van der Waals surface area contributed by atoms with Crippen molar-refractivity contribution in [3.8, 4) is 22.5 Å². The van der Waals surface area contributed by atoms with Crippen molar-refractivity contribution in [1.29, 1.82) is 0 Å². The number of aromatic nitrogens is 4. The molecule has 0 unspecified atom stereocenters. The van der Waals surface area contributed by atoms with Crippen LogP contribution in [0.1, 0.15) is 26.8 Å². The Hall–Kier alpha value is -3.45. The highest BCUT2D eigenvalue weighted by molar-refractivity contribution is 7.92. The maximum absolute atomic E-state index is 15.5. The Labute approximate surface area is 213 Å². The van der Waals surface area contributed by atoms with E-state index in [0.29, 0.717) is 11.3 Å². The Bertz CT molecular complexity index is 1380. The highest BCUT2D eigenvalue weighted by Gasteiger charge is 2.23. The van der Waals surface area contributed by atoms with Crippen molar-refractivity contribution in [2.45, 2.75) is 32.9 Å². The first-order valence-electron chi connectivity index (χ1n) is 10.9. The van der Waals surface area contributed by atoms with E-state index in [1.165, 1.54) is 25.4 Å². The van der Waals surface area contributed by atoms with Gasteiger partial charge >= 0.3 is 6.09 Å². The number of nitrogens with zero attached hydrogens (tertiary/aromatic N) is 5. The number of nitrogens with one attached hydrogen (secondary N) is 2. The van der Waals surface area contributed by atoms with Crippen LogP contribution in [0.25, 0.3) is 22.5 Å². The first-order valence-corrected chi connectivity index (χ1v) is 13.1. The zero-order valence-electron chi connectivity index (χ0n) is 20.3. The fourth-order valence-electron chi connectivity index (χ4n) is 3.41. The lowest BCUT2D eigenvalue weighted by Gasteiger charge is -2.19. The summed E-state index contributed by atoms with van der Waals surface area (Å²) in [7, 11) is -2.31. The van der Waals surface area contributed by atoms with Gasteiger partial charge < -0.3 is 15.3 Å². The molecule has 1 amide bonds. The molecule has 2 aromatic heterocycles. The number of anilines is 2. The van der Waals surface area contributed by atoms with Crippen LogP contribution < -0.4 is 10.0 Å². The van der Waals surface area contributed by atoms with Crippen molar-refractivity contribution in [2.75, 3.05) is 29.9 Å². The normalized spacial score (nSPS) is 12.4. The third-order valence-corrected chi connectivity index (χ3v) is 5.84. The van der Waals surface area contributed by atoms with Crippen LogP contribution in [0.4, 0.5) is 20.8 Å². The maximum atomic E-state index is 15.5. The van der Waals surface area contributed by atoms with Gasteiger partial charge in [0.1, 0.15) is 5.69 Å². The fraction of sp³-hybridized carbons (Fsp3) is 0.364. The molecule has 194 valence electrons. The molecule has 3 aromatic rings. The number of hydrogen-bond acceptors (Lipinski definition) is 7. The van der Waals surface area contributed by atoms with Crippen LogP contribution in [0.3, 0.4) is 0 Å². The standard InChI is InChI=1S/C22H27ClFN7O4S/c1-12(2)31-11-16(17-6-7-25-21(27-17)26-13(3)10-30(4)22(32)33)20(28-31)15-8-14(23)9-18(19(15)24)29-36(5,34)35/h6-9,11-13,29H,10H2,1-5H3,(H,32,33)(H,25,26,27)/t13-/m0/s1. The maximum Gasteiger partial charge on any atom is 0.407 e. The van der Waals surface area contributed by atoms with Gasteiger partial charge in [-0.15, -0.1) is 0 Å². The van der Waals surface area contributed by atoms with E-state index >= 15 is 4.39 Å². The van der Waals surface area contributed by atoms with Crippen LogP contribution >= 0.6 is 11.6 Å². The van der Waals surface area contributed by atoms with Crippen LogP contribution in [-0.4, -0.2) is 70.2 Å². The van der Waals surface area contributed by atoms with Crippen LogP contribution in [0.15, 0.2) is 30.6 Å². The molecule has 0 bridgehead atoms. The number of halogens is 2. The van der Waals surface area contributed by atoms with Gasteiger partial charge in [0.05, 0.1) is 17.6 Å². The average molecular weight is 540 g/mol. The SMILES string of the molecule is CC(C)n1cc(-c2ccnc(N[C@@H](C)CN(C)C(=O)O)n2)c(-c2cc(Cl)cc(NS(C)(=O)=O)c2F)n1. The largest absolute Gasteiger partial charge is 0.465 e. The number of carbonyl (C=O) groups is 1. The lowest BCUT2D eigenvalue weighted by molar-refractivity contribution is 0.155. The number of amides is 1. The van der Waals surface area contributed by atoms with Crippen molar-refractivity contribution < 1.29 is 22.7 Å². The molecule has 0 saturated heterocycles. The average Bonchev–Trinajstić information content (AvgIpc) is 3.20. The fourth-order valence-corrected chi connectivity index (χ4v) is 4.18. The predicted octanol–water partition coefficient (Wildman–Crippen LogP) is 4.16. The van der Waals surface area contributed by atoms with Crippen LogP contribution in [0.5, 0.6) is 0 Å². The van der Waals surface area contributed by atoms with Gasteiger partial charge in [-0.3, -0.25) is 9.40 Å². The summed E-state index contributed by atoms with van der Waals surface area (Å²) in [4.78, 5) is 20.9. The second kappa shape index (κ2) is 10.7. The summed E-state index contributed by atoms with van der Waals surface area (Å²) in [5.74, 6) is -0.592. The first-order chi connectivity index (χ1) is 16.7. The first kappa shape index (κ1) is 27.1. The molecule has 36 heavy (non-hydrogen) atoms. The van der Waals surface area contributed by atoms with Gasteiger partial charge in [-0.25, -0.2) is 27.6 Å². The van der Waals surface area contributed by atoms with Gasteiger partial charge in [-0.2, -0.15) is 5.10 Å². The van der Waals surface area contributed by atoms with E-state index in [1.807, 2.05) is 13.8 Å². The summed E-state index contributed by atoms with van der Waals surface area (Å²) in [5, 5.41) is 16.8. The second-order valence-corrected chi connectivity index (χ2v) is 10.8. The molecule has 0 aliphatic rings. The smallest absolute Gasteiger partial charge is 0.407 e. The number of carboxylic acid groups (broad SMARTS) is 1. The molecule has 1 aromatic carbocycles. The van der Waals surface area contributed by atoms with Gasteiger partial charge in [0, 0.05) is 54.2 Å². The summed E-state index contributed by atoms with van der Waals surface area (Å²) >= 11 is 6.20. The number of rotatable bonds is 9. The number of hydrogen-bond donors (Lipinski definition) is 3. The molecule has 1 atom stereocenters. The van der Waals surface area contributed by atoms with E-state index in [0.717, 1.165) is 11.2 Å². The Morgan fingerprint density at radius 3 is 2.58 bits per heavy atom. The molecule has 0 saturated carbocycles. The van der Waals surface area contributed by atoms with Crippen molar-refractivity contribution >= 4 is 39.4 Å². The molecule has 11 nitrogen and oxygen atoms in total. The van der Waals surface area contributed by atoms with Gasteiger partial charge in [0.15, 0.2) is 5.82 Å². The molecule has 3 N–H and O–H groups in total. The van der Waals surface area contributed by atoms with E-state index in [4.69, 9.17) is 16.7 Å². The second-order valence-electron chi connectivity index (χ2n) is 8.63. The van der Waals surface area contributed by atoms with Crippen LogP contribution in [0, 0.1) is 5.82 Å². The molecule has 0 fully saturated rings. The highest BCUT2D eigenvalue weighted by atomic mass is 35.5. The number of sulfonamides is 1. The summed E-state index contributed by atoms with van der Waals surface area (Å²) < 4.78 is 42.7. The van der Waals surface area contributed by atoms with Crippen molar-refractivity contribution in [3.05, 3.63) is 41.4 Å². The summed E-state index contributed by atoms with van der Waals surface area (Å²) in [6.45, 7) is 5.79. The zero-order chi connectivity index (χ0) is 26.8. The topological polar surface area (TPSA) is 142 Å². The van der Waals surface area contributed by atoms with Gasteiger partial charge in [0.2, 0.25) is 16.0 Å². The summed E-state index contributed by atoms with van der Waals surface area (Å²) in [5.41, 5.74) is 0.795. The monoisotopic (exact) mass is 539 g/mol. The summed E-state index contributed by atoms with van der Waals surface area (Å²) in [6, 6.07) is 3.81. The van der Waals surface area contributed by atoms with Gasteiger partial charge in [-0.1, -0.05) is 11.6 Å². The number of likely N-dealkylation sites (N-methyl/N-ethyl adjacent to an activating group) is 1. The molecular formula is C22H27ClFN7O4S. The Morgan fingerprint density at radius 1 is 1.28 bits per heavy atom. The molecule has 0 spiro atoms. The predicted molar refractivity (Wildman–Crippen MR) is 136 cm³/mol. The summed E-state index contributed by atoms with van der Waals surface area (Å²) in [6.07, 6.45) is 3.08.